The molecule has 2 heterocycles. The minimum Gasteiger partial charge on any atom is -0.338 e. The molecule has 74 valence electrons. The van der Waals surface area contributed by atoms with Crippen LogP contribution < -0.4 is 0 Å². The van der Waals surface area contributed by atoms with Gasteiger partial charge in [0.2, 0.25) is 5.91 Å². The van der Waals surface area contributed by atoms with E-state index in [1.54, 1.807) is 0 Å². The second kappa shape index (κ2) is 3.52. The molecule has 3 heteroatoms. The maximum Gasteiger partial charge on any atom is 0.223 e. The summed E-state index contributed by atoms with van der Waals surface area (Å²) in [7, 11) is 0. The fourth-order valence-electron chi connectivity index (χ4n) is 2.17. The van der Waals surface area contributed by atoms with E-state index in [4.69, 9.17) is 0 Å². The molecule has 13 heavy (non-hydrogen) atoms. The molecule has 0 saturated carbocycles. The zero-order valence-corrected chi connectivity index (χ0v) is 9.14. The minimum atomic E-state index is 0.378. The van der Waals surface area contributed by atoms with E-state index in [2.05, 4.69) is 18.7 Å². The van der Waals surface area contributed by atoms with Gasteiger partial charge in [0.05, 0.1) is 0 Å². The third kappa shape index (κ3) is 1.85. The number of thioether (sulfide) groups is 1. The van der Waals surface area contributed by atoms with E-state index in [-0.39, 0.29) is 0 Å². The molecule has 2 fully saturated rings. The second-order valence-corrected chi connectivity index (χ2v) is 5.82. The predicted molar refractivity (Wildman–Crippen MR) is 55.8 cm³/mol. The fraction of sp³-hybridized carbons (Fsp3) is 0.900. The van der Waals surface area contributed by atoms with Crippen LogP contribution in [0.1, 0.15) is 26.7 Å². The lowest BCUT2D eigenvalue weighted by molar-refractivity contribution is -0.132. The fourth-order valence-corrected chi connectivity index (χ4v) is 3.61. The van der Waals surface area contributed by atoms with E-state index in [0.29, 0.717) is 17.9 Å². The molecule has 0 aromatic carbocycles. The molecule has 2 saturated heterocycles. The van der Waals surface area contributed by atoms with Crippen LogP contribution >= 0.6 is 11.8 Å². The number of amides is 1. The SMILES string of the molecule is CC(C)CC(=O)N1CC2CC1CS2. The highest BCUT2D eigenvalue weighted by atomic mass is 32.2. The van der Waals surface area contributed by atoms with E-state index in [1.165, 1.54) is 12.2 Å². The van der Waals surface area contributed by atoms with Gasteiger partial charge in [0.25, 0.3) is 0 Å². The van der Waals surface area contributed by atoms with Gasteiger partial charge in [-0.3, -0.25) is 4.79 Å². The summed E-state index contributed by atoms with van der Waals surface area (Å²) < 4.78 is 0. The van der Waals surface area contributed by atoms with Crippen molar-refractivity contribution < 1.29 is 4.79 Å². The van der Waals surface area contributed by atoms with Gasteiger partial charge in [-0.15, -0.1) is 0 Å². The summed E-state index contributed by atoms with van der Waals surface area (Å²) in [5.41, 5.74) is 0. The molecule has 2 atom stereocenters. The van der Waals surface area contributed by atoms with Crippen LogP contribution in [0.15, 0.2) is 0 Å². The molecule has 2 aliphatic heterocycles. The lowest BCUT2D eigenvalue weighted by Crippen LogP contribution is -2.39. The quantitative estimate of drug-likeness (QED) is 0.675. The molecule has 2 rings (SSSR count). The van der Waals surface area contributed by atoms with Gasteiger partial charge < -0.3 is 4.90 Å². The molecule has 2 nitrogen and oxygen atoms in total. The Bertz CT molecular complexity index is 217. The highest BCUT2D eigenvalue weighted by Gasteiger charge is 2.40. The van der Waals surface area contributed by atoms with Crippen molar-refractivity contribution in [1.29, 1.82) is 0 Å². The monoisotopic (exact) mass is 199 g/mol. The number of hydrogen-bond donors (Lipinski definition) is 0. The first-order valence-electron chi connectivity index (χ1n) is 5.08. The van der Waals surface area contributed by atoms with Gasteiger partial charge in [-0.2, -0.15) is 11.8 Å². The first-order chi connectivity index (χ1) is 6.16. The highest BCUT2D eigenvalue weighted by molar-refractivity contribution is 8.00. The number of nitrogens with zero attached hydrogens (tertiary/aromatic N) is 1. The maximum absolute atomic E-state index is 11.8. The van der Waals surface area contributed by atoms with Crippen molar-refractivity contribution in [2.75, 3.05) is 12.3 Å². The van der Waals surface area contributed by atoms with E-state index in [1.807, 2.05) is 11.8 Å². The molecular weight excluding hydrogens is 182 g/mol. The Labute approximate surface area is 84.1 Å². The molecular formula is C10H17NOS. The van der Waals surface area contributed by atoms with Crippen LogP contribution in [0.25, 0.3) is 0 Å². The summed E-state index contributed by atoms with van der Waals surface area (Å²) in [6, 6.07) is 0.571. The van der Waals surface area contributed by atoms with Crippen molar-refractivity contribution in [3.8, 4) is 0 Å². The van der Waals surface area contributed by atoms with Gasteiger partial charge >= 0.3 is 0 Å². The summed E-state index contributed by atoms with van der Waals surface area (Å²) >= 11 is 2.04. The Hall–Kier alpha value is -0.180. The molecule has 0 aromatic rings. The normalized spacial score (nSPS) is 31.8. The molecule has 0 aliphatic carbocycles. The molecule has 0 aromatic heterocycles. The largest absolute Gasteiger partial charge is 0.338 e. The Morgan fingerprint density at radius 1 is 1.62 bits per heavy atom. The molecule has 2 aliphatic rings. The lowest BCUT2D eigenvalue weighted by Gasteiger charge is -2.27. The average Bonchev–Trinajstić information content (AvgIpc) is 2.62. The molecule has 0 N–H and O–H groups in total. The summed E-state index contributed by atoms with van der Waals surface area (Å²) in [5, 5.41) is 0.751. The van der Waals surface area contributed by atoms with Crippen molar-refractivity contribution in [2.24, 2.45) is 5.92 Å². The van der Waals surface area contributed by atoms with Gasteiger partial charge in [0.1, 0.15) is 0 Å². The van der Waals surface area contributed by atoms with Crippen LogP contribution in [0.2, 0.25) is 0 Å². The third-order valence-corrected chi connectivity index (χ3v) is 4.19. The summed E-state index contributed by atoms with van der Waals surface area (Å²) in [6.45, 7) is 5.24. The van der Waals surface area contributed by atoms with Gasteiger partial charge in [0, 0.05) is 30.0 Å². The first kappa shape index (κ1) is 9.38. The topological polar surface area (TPSA) is 20.3 Å². The zero-order chi connectivity index (χ0) is 9.42. The van der Waals surface area contributed by atoms with Crippen LogP contribution in [0.4, 0.5) is 0 Å². The summed E-state index contributed by atoms with van der Waals surface area (Å²) in [6.07, 6.45) is 1.97. The van der Waals surface area contributed by atoms with Crippen LogP contribution in [-0.4, -0.2) is 34.4 Å². The van der Waals surface area contributed by atoms with Crippen molar-refractivity contribution in [3.05, 3.63) is 0 Å². The van der Waals surface area contributed by atoms with Crippen LogP contribution in [-0.2, 0) is 4.79 Å². The van der Waals surface area contributed by atoms with Crippen molar-refractivity contribution in [2.45, 2.75) is 38.0 Å². The molecule has 2 bridgehead atoms. The highest BCUT2D eigenvalue weighted by Crippen LogP contribution is 2.37. The van der Waals surface area contributed by atoms with Gasteiger partial charge in [-0.1, -0.05) is 13.8 Å². The lowest BCUT2D eigenvalue weighted by atomic mass is 10.1. The van der Waals surface area contributed by atoms with E-state index in [0.717, 1.165) is 18.2 Å². The van der Waals surface area contributed by atoms with Crippen LogP contribution in [0.5, 0.6) is 0 Å². The van der Waals surface area contributed by atoms with Crippen molar-refractivity contribution in [1.82, 2.24) is 4.90 Å². The van der Waals surface area contributed by atoms with Crippen LogP contribution in [0.3, 0.4) is 0 Å². The maximum atomic E-state index is 11.8. The van der Waals surface area contributed by atoms with Crippen molar-refractivity contribution >= 4 is 17.7 Å². The van der Waals surface area contributed by atoms with Crippen molar-refractivity contribution in [3.63, 3.8) is 0 Å². The number of rotatable bonds is 2. The first-order valence-corrected chi connectivity index (χ1v) is 6.12. The Morgan fingerprint density at radius 2 is 2.38 bits per heavy atom. The summed E-state index contributed by atoms with van der Waals surface area (Å²) in [5.74, 6) is 2.05. The Balaban J connectivity index is 1.91. The number of likely N-dealkylation sites (tertiary alicyclic amines) is 1. The molecule has 0 radical (unpaired) electrons. The number of fused-ring (bicyclic) bond motifs is 2. The predicted octanol–water partition coefficient (Wildman–Crippen LogP) is 1.75. The van der Waals surface area contributed by atoms with E-state index >= 15 is 0 Å². The Kier molecular flexibility index (Phi) is 2.54. The minimum absolute atomic E-state index is 0.378. The second-order valence-electron chi connectivity index (χ2n) is 4.49. The standard InChI is InChI=1S/C10H17NOS/c1-7(2)3-10(12)11-5-9-4-8(11)6-13-9/h7-9H,3-6H2,1-2H3. The van der Waals surface area contributed by atoms with E-state index < -0.39 is 0 Å². The van der Waals surface area contributed by atoms with Crippen LogP contribution in [0, 0.1) is 5.92 Å². The van der Waals surface area contributed by atoms with Gasteiger partial charge in [-0.05, 0) is 12.3 Å². The zero-order valence-electron chi connectivity index (χ0n) is 8.32. The average molecular weight is 199 g/mol. The molecule has 2 unspecified atom stereocenters. The molecule has 0 spiro atoms. The van der Waals surface area contributed by atoms with Gasteiger partial charge in [0.15, 0.2) is 0 Å². The smallest absolute Gasteiger partial charge is 0.223 e. The Morgan fingerprint density at radius 3 is 2.85 bits per heavy atom. The molecule has 1 amide bonds. The third-order valence-electron chi connectivity index (χ3n) is 2.80. The number of carbonyl (C=O) groups is 1. The number of hydrogen-bond acceptors (Lipinski definition) is 2. The summed E-state index contributed by atoms with van der Waals surface area (Å²) in [4.78, 5) is 13.9. The van der Waals surface area contributed by atoms with E-state index in [9.17, 15) is 4.79 Å². The number of carbonyl (C=O) groups excluding carboxylic acids is 1. The van der Waals surface area contributed by atoms with Gasteiger partial charge in [-0.25, -0.2) is 0 Å².